The van der Waals surface area contributed by atoms with Crippen molar-refractivity contribution in [3.8, 4) is 0 Å². The van der Waals surface area contributed by atoms with E-state index >= 15 is 0 Å². The Labute approximate surface area is 120 Å². The van der Waals surface area contributed by atoms with Crippen LogP contribution in [0.1, 0.15) is 37.1 Å². The molecule has 1 aliphatic rings. The molecule has 0 aliphatic heterocycles. The highest BCUT2D eigenvalue weighted by atomic mass is 32.2. The van der Waals surface area contributed by atoms with E-state index in [0.29, 0.717) is 18.2 Å². The fourth-order valence-electron chi connectivity index (χ4n) is 1.78. The summed E-state index contributed by atoms with van der Waals surface area (Å²) in [6, 6.07) is 0.685. The van der Waals surface area contributed by atoms with Gasteiger partial charge in [-0.3, -0.25) is 9.97 Å². The topological polar surface area (TPSA) is 84.0 Å². The Bertz CT molecular complexity index is 512. The van der Waals surface area contributed by atoms with E-state index in [2.05, 4.69) is 20.0 Å². The molecular formula is C13H22N4O2S. The summed E-state index contributed by atoms with van der Waals surface area (Å²) in [6.07, 6.45) is 7.32. The molecule has 0 bridgehead atoms. The van der Waals surface area contributed by atoms with Crippen molar-refractivity contribution in [3.63, 3.8) is 0 Å². The van der Waals surface area contributed by atoms with Crippen molar-refractivity contribution in [2.24, 2.45) is 0 Å². The Morgan fingerprint density at radius 3 is 2.70 bits per heavy atom. The number of nitrogens with zero attached hydrogens (tertiary/aromatic N) is 2. The van der Waals surface area contributed by atoms with Crippen LogP contribution in [0.15, 0.2) is 12.4 Å². The zero-order valence-electron chi connectivity index (χ0n) is 11.8. The minimum absolute atomic E-state index is 0.165. The van der Waals surface area contributed by atoms with Crippen LogP contribution >= 0.6 is 0 Å². The average Bonchev–Trinajstić information content (AvgIpc) is 3.22. The molecule has 0 amide bonds. The van der Waals surface area contributed by atoms with Crippen molar-refractivity contribution in [2.75, 3.05) is 12.3 Å². The fourth-order valence-corrected chi connectivity index (χ4v) is 2.87. The molecule has 0 saturated heterocycles. The van der Waals surface area contributed by atoms with Crippen LogP contribution in [0.4, 0.5) is 0 Å². The molecule has 1 aromatic heterocycles. The molecule has 6 nitrogen and oxygen atoms in total. The molecular weight excluding hydrogens is 276 g/mol. The average molecular weight is 298 g/mol. The van der Waals surface area contributed by atoms with Crippen molar-refractivity contribution in [1.82, 2.24) is 20.0 Å². The highest BCUT2D eigenvalue weighted by Gasteiger charge is 2.19. The van der Waals surface area contributed by atoms with E-state index in [-0.39, 0.29) is 12.3 Å². The number of hydrogen-bond acceptors (Lipinski definition) is 5. The summed E-state index contributed by atoms with van der Waals surface area (Å²) in [5.74, 6) is 0.165. The van der Waals surface area contributed by atoms with Crippen molar-refractivity contribution in [1.29, 1.82) is 0 Å². The fraction of sp³-hybridized carbons (Fsp3) is 0.692. The van der Waals surface area contributed by atoms with Crippen LogP contribution in [-0.4, -0.2) is 36.7 Å². The van der Waals surface area contributed by atoms with Gasteiger partial charge < -0.3 is 5.32 Å². The van der Waals surface area contributed by atoms with E-state index in [1.54, 1.807) is 12.4 Å². The molecule has 1 saturated carbocycles. The second-order valence-corrected chi connectivity index (χ2v) is 7.15. The van der Waals surface area contributed by atoms with Gasteiger partial charge in [-0.1, -0.05) is 0 Å². The van der Waals surface area contributed by atoms with Crippen LogP contribution in [0, 0.1) is 6.92 Å². The van der Waals surface area contributed by atoms with Crippen LogP contribution in [0.3, 0.4) is 0 Å². The van der Waals surface area contributed by atoms with Gasteiger partial charge in [-0.05, 0) is 39.2 Å². The maximum atomic E-state index is 11.8. The summed E-state index contributed by atoms with van der Waals surface area (Å²) in [5, 5.41) is 3.37. The highest BCUT2D eigenvalue weighted by molar-refractivity contribution is 7.89. The molecule has 0 spiro atoms. The summed E-state index contributed by atoms with van der Waals surface area (Å²) < 4.78 is 26.2. The molecule has 1 heterocycles. The van der Waals surface area contributed by atoms with Crippen LogP contribution in [-0.2, 0) is 16.6 Å². The number of sulfonamides is 1. The predicted molar refractivity (Wildman–Crippen MR) is 77.7 cm³/mol. The summed E-state index contributed by atoms with van der Waals surface area (Å²) in [7, 11) is -3.22. The zero-order valence-corrected chi connectivity index (χ0v) is 12.6. The molecule has 0 atom stereocenters. The van der Waals surface area contributed by atoms with Crippen LogP contribution in [0.2, 0.25) is 0 Å². The molecule has 0 radical (unpaired) electrons. The van der Waals surface area contributed by atoms with E-state index in [4.69, 9.17) is 0 Å². The third-order valence-electron chi connectivity index (χ3n) is 3.16. The summed E-state index contributed by atoms with van der Waals surface area (Å²) in [6.45, 7) is 2.95. The van der Waals surface area contributed by atoms with E-state index in [1.807, 2.05) is 6.92 Å². The number of hydrogen-bond donors (Lipinski definition) is 2. The molecule has 7 heteroatoms. The molecule has 20 heavy (non-hydrogen) atoms. The van der Waals surface area contributed by atoms with E-state index < -0.39 is 10.0 Å². The van der Waals surface area contributed by atoms with E-state index in [9.17, 15) is 8.42 Å². The zero-order chi connectivity index (χ0) is 14.4. The molecule has 1 aliphatic carbocycles. The number of rotatable bonds is 9. The van der Waals surface area contributed by atoms with Gasteiger partial charge in [-0.15, -0.1) is 0 Å². The number of unbranched alkanes of at least 4 members (excludes halogenated alkanes) is 1. The summed E-state index contributed by atoms with van der Waals surface area (Å²) in [5.41, 5.74) is 1.45. The number of nitrogens with one attached hydrogen (secondary N) is 2. The standard InChI is InChI=1S/C13H22N4O2S/c1-11-8-16-13(9-15-11)10-17-20(18,19)7-3-2-6-14-12-4-5-12/h8-9,12,14,17H,2-7,10H2,1H3. The normalized spacial score (nSPS) is 15.4. The lowest BCUT2D eigenvalue weighted by Gasteiger charge is -2.06. The smallest absolute Gasteiger partial charge is 0.211 e. The number of aromatic nitrogens is 2. The monoisotopic (exact) mass is 298 g/mol. The highest BCUT2D eigenvalue weighted by Crippen LogP contribution is 2.18. The quantitative estimate of drug-likeness (QED) is 0.657. The molecule has 2 rings (SSSR count). The minimum Gasteiger partial charge on any atom is -0.314 e. The van der Waals surface area contributed by atoms with Gasteiger partial charge in [0.25, 0.3) is 0 Å². The first-order valence-corrected chi connectivity index (χ1v) is 8.69. The van der Waals surface area contributed by atoms with Crippen LogP contribution < -0.4 is 10.0 Å². The first kappa shape index (κ1) is 15.3. The van der Waals surface area contributed by atoms with Gasteiger partial charge in [0.05, 0.1) is 29.9 Å². The molecule has 1 aromatic rings. The summed E-state index contributed by atoms with van der Waals surface area (Å²) >= 11 is 0. The van der Waals surface area contributed by atoms with Gasteiger partial charge >= 0.3 is 0 Å². The molecule has 0 aromatic carbocycles. The van der Waals surface area contributed by atoms with E-state index in [0.717, 1.165) is 18.7 Å². The molecule has 0 unspecified atom stereocenters. The number of aryl methyl sites for hydroxylation is 1. The van der Waals surface area contributed by atoms with Crippen molar-refractivity contribution in [3.05, 3.63) is 23.8 Å². The second-order valence-electron chi connectivity index (χ2n) is 5.22. The Kier molecular flexibility index (Phi) is 5.45. The molecule has 112 valence electrons. The van der Waals surface area contributed by atoms with Crippen molar-refractivity contribution < 1.29 is 8.42 Å². The van der Waals surface area contributed by atoms with Gasteiger partial charge in [0.15, 0.2) is 0 Å². The lowest BCUT2D eigenvalue weighted by molar-refractivity contribution is 0.572. The minimum atomic E-state index is -3.22. The van der Waals surface area contributed by atoms with Crippen LogP contribution in [0.5, 0.6) is 0 Å². The van der Waals surface area contributed by atoms with Crippen LogP contribution in [0.25, 0.3) is 0 Å². The van der Waals surface area contributed by atoms with Gasteiger partial charge in [-0.2, -0.15) is 0 Å². The summed E-state index contributed by atoms with van der Waals surface area (Å²) in [4.78, 5) is 8.20. The molecule has 2 N–H and O–H groups in total. The Balaban J connectivity index is 1.63. The largest absolute Gasteiger partial charge is 0.314 e. The molecule has 1 fully saturated rings. The third kappa shape index (κ3) is 5.94. The Hall–Kier alpha value is -1.05. The third-order valence-corrected chi connectivity index (χ3v) is 4.57. The van der Waals surface area contributed by atoms with Crippen molar-refractivity contribution >= 4 is 10.0 Å². The van der Waals surface area contributed by atoms with Gasteiger partial charge in [0, 0.05) is 12.2 Å². The maximum Gasteiger partial charge on any atom is 0.211 e. The lowest BCUT2D eigenvalue weighted by Crippen LogP contribution is -2.27. The Morgan fingerprint density at radius 2 is 2.05 bits per heavy atom. The van der Waals surface area contributed by atoms with Crippen molar-refractivity contribution in [2.45, 2.75) is 45.2 Å². The van der Waals surface area contributed by atoms with Gasteiger partial charge in [-0.25, -0.2) is 13.1 Å². The Morgan fingerprint density at radius 1 is 1.25 bits per heavy atom. The second kappa shape index (κ2) is 7.10. The predicted octanol–water partition coefficient (Wildman–Crippen LogP) is 0.737. The first-order chi connectivity index (χ1) is 9.55. The van der Waals surface area contributed by atoms with Gasteiger partial charge in [0.1, 0.15) is 0 Å². The van der Waals surface area contributed by atoms with Gasteiger partial charge in [0.2, 0.25) is 10.0 Å². The van der Waals surface area contributed by atoms with E-state index in [1.165, 1.54) is 12.8 Å². The SMILES string of the molecule is Cc1cnc(CNS(=O)(=O)CCCCNC2CC2)cn1. The lowest BCUT2D eigenvalue weighted by atomic mass is 10.3. The maximum absolute atomic E-state index is 11.8. The first-order valence-electron chi connectivity index (χ1n) is 7.03.